The molecule has 2 fully saturated rings. The highest BCUT2D eigenvalue weighted by Gasteiger charge is 2.62. The normalized spacial score (nSPS) is 31.0. The number of hydrogen-bond acceptors (Lipinski definition) is 5. The zero-order valence-electron chi connectivity index (χ0n) is 15.6. The van der Waals surface area contributed by atoms with Crippen LogP contribution in [0.3, 0.4) is 0 Å². The smallest absolute Gasteiger partial charge is 0.327 e. The Morgan fingerprint density at radius 3 is 2.20 bits per heavy atom. The lowest BCUT2D eigenvalue weighted by molar-refractivity contribution is -0.171. The van der Waals surface area contributed by atoms with Crippen LogP contribution in [0.2, 0.25) is 0 Å². The zero-order valence-corrected chi connectivity index (χ0v) is 15.6. The quantitative estimate of drug-likeness (QED) is 0.708. The molecule has 0 aromatic heterocycles. The Morgan fingerprint density at radius 2 is 1.80 bits per heavy atom. The zero-order chi connectivity index (χ0) is 18.3. The first kappa shape index (κ1) is 21.5. The van der Waals surface area contributed by atoms with E-state index in [2.05, 4.69) is 6.07 Å². The Balaban J connectivity index is 0.00000312. The molecule has 0 aliphatic heterocycles. The van der Waals surface area contributed by atoms with Gasteiger partial charge in [0.15, 0.2) is 5.41 Å². The van der Waals surface area contributed by atoms with E-state index >= 15 is 0 Å². The molecular formula is C20H33NO4. The van der Waals surface area contributed by atoms with E-state index < -0.39 is 22.4 Å². The van der Waals surface area contributed by atoms with Crippen LogP contribution in [0.25, 0.3) is 0 Å². The summed E-state index contributed by atoms with van der Waals surface area (Å²) < 4.78 is 11.2. The minimum atomic E-state index is -1.08. The molecule has 5 nitrogen and oxygen atoms in total. The summed E-state index contributed by atoms with van der Waals surface area (Å²) in [6.07, 6.45) is 2.28. The number of rotatable bonds is 4. The number of nitriles is 1. The van der Waals surface area contributed by atoms with Crippen LogP contribution in [0, 0.1) is 34.0 Å². The second-order valence-corrected chi connectivity index (χ2v) is 8.90. The van der Waals surface area contributed by atoms with Gasteiger partial charge in [-0.1, -0.05) is 14.4 Å². The molecule has 2 aliphatic carbocycles. The first-order valence-corrected chi connectivity index (χ1v) is 8.81. The van der Waals surface area contributed by atoms with E-state index in [-0.39, 0.29) is 31.3 Å². The molecule has 0 aromatic carbocycles. The summed E-state index contributed by atoms with van der Waals surface area (Å²) in [5.41, 5.74) is -2.19. The van der Waals surface area contributed by atoms with Crippen molar-refractivity contribution in [3.63, 3.8) is 0 Å². The Kier molecular flexibility index (Phi) is 5.99. The van der Waals surface area contributed by atoms with E-state index in [1.54, 1.807) is 20.8 Å². The lowest BCUT2D eigenvalue weighted by atomic mass is 9.73. The predicted molar refractivity (Wildman–Crippen MR) is 95.4 cm³/mol. The molecule has 0 spiro atoms. The Morgan fingerprint density at radius 1 is 1.20 bits per heavy atom. The summed E-state index contributed by atoms with van der Waals surface area (Å²) in [5.74, 6) is -0.644. The fraction of sp³-hybridized carbons (Fsp3) is 0.850. The van der Waals surface area contributed by atoms with Gasteiger partial charge in [-0.05, 0) is 72.1 Å². The number of nitrogens with zero attached hydrogens (tertiary/aromatic N) is 1. The topological polar surface area (TPSA) is 76.4 Å². The Bertz CT molecular complexity index is 569. The van der Waals surface area contributed by atoms with Crippen LogP contribution in [0.5, 0.6) is 0 Å². The third-order valence-corrected chi connectivity index (χ3v) is 5.57. The van der Waals surface area contributed by atoms with Gasteiger partial charge in [0, 0.05) is 0 Å². The lowest BCUT2D eigenvalue weighted by Crippen LogP contribution is -2.43. The van der Waals surface area contributed by atoms with Crippen molar-refractivity contribution >= 4 is 11.9 Å². The lowest BCUT2D eigenvalue weighted by Gasteiger charge is -2.35. The summed E-state index contributed by atoms with van der Waals surface area (Å²) >= 11 is 0. The van der Waals surface area contributed by atoms with E-state index in [1.807, 2.05) is 20.8 Å². The molecule has 2 bridgehead atoms. The SMILES string of the molecule is C.CCC(C)(C)C(=O)OC1CC2CC1CC2(C#N)C(=O)OC(C)(C)C. The average Bonchev–Trinajstić information content (AvgIpc) is 3.03. The minimum Gasteiger partial charge on any atom is -0.462 e. The van der Waals surface area contributed by atoms with Crippen LogP contribution >= 0.6 is 0 Å². The number of carbonyl (C=O) groups excluding carboxylic acids is 2. The summed E-state index contributed by atoms with van der Waals surface area (Å²) in [5, 5.41) is 9.68. The van der Waals surface area contributed by atoms with E-state index in [9.17, 15) is 14.9 Å². The van der Waals surface area contributed by atoms with Crippen LogP contribution in [-0.4, -0.2) is 23.6 Å². The number of esters is 2. The fourth-order valence-electron chi connectivity index (χ4n) is 3.67. The molecule has 0 saturated heterocycles. The highest BCUT2D eigenvalue weighted by atomic mass is 16.6. The third kappa shape index (κ3) is 3.99. The van der Waals surface area contributed by atoms with Gasteiger partial charge >= 0.3 is 11.9 Å². The summed E-state index contributed by atoms with van der Waals surface area (Å²) in [4.78, 5) is 24.9. The van der Waals surface area contributed by atoms with Crippen LogP contribution < -0.4 is 0 Å². The van der Waals surface area contributed by atoms with Crippen molar-refractivity contribution in [1.82, 2.24) is 0 Å². The van der Waals surface area contributed by atoms with E-state index in [4.69, 9.17) is 9.47 Å². The van der Waals surface area contributed by atoms with Gasteiger partial charge in [-0.3, -0.25) is 9.59 Å². The van der Waals surface area contributed by atoms with Gasteiger partial charge in [0.2, 0.25) is 0 Å². The summed E-state index contributed by atoms with van der Waals surface area (Å²) in [6.45, 7) is 11.1. The van der Waals surface area contributed by atoms with Crippen molar-refractivity contribution in [1.29, 1.82) is 5.26 Å². The summed E-state index contributed by atoms with van der Waals surface area (Å²) in [6, 6.07) is 2.23. The highest BCUT2D eigenvalue weighted by molar-refractivity contribution is 5.82. The number of carbonyl (C=O) groups is 2. The fourth-order valence-corrected chi connectivity index (χ4v) is 3.67. The van der Waals surface area contributed by atoms with Gasteiger partial charge in [-0.25, -0.2) is 0 Å². The molecule has 2 saturated carbocycles. The molecule has 0 N–H and O–H groups in total. The van der Waals surface area contributed by atoms with Crippen LogP contribution in [-0.2, 0) is 19.1 Å². The molecule has 0 amide bonds. The summed E-state index contributed by atoms with van der Waals surface area (Å²) in [7, 11) is 0. The predicted octanol–water partition coefficient (Wildman–Crippen LogP) is 4.25. The number of ether oxygens (including phenoxy) is 2. The molecule has 5 heteroatoms. The number of fused-ring (bicyclic) bond motifs is 2. The molecule has 2 aliphatic rings. The van der Waals surface area contributed by atoms with Crippen molar-refractivity contribution in [2.24, 2.45) is 22.7 Å². The van der Waals surface area contributed by atoms with Gasteiger partial charge in [0.05, 0.1) is 11.5 Å². The van der Waals surface area contributed by atoms with Crippen LogP contribution in [0.15, 0.2) is 0 Å². The van der Waals surface area contributed by atoms with Crippen molar-refractivity contribution in [3.05, 3.63) is 0 Å². The maximum atomic E-state index is 12.6. The van der Waals surface area contributed by atoms with Crippen molar-refractivity contribution < 1.29 is 19.1 Å². The van der Waals surface area contributed by atoms with E-state index in [0.29, 0.717) is 19.3 Å². The standard InChI is InChI=1S/C19H29NO4.CH4/c1-7-18(5,6)15(21)23-14-9-13-8-12(14)10-19(13,11-20)16(22)24-17(2,3)4;/h12-14H,7-10H2,1-6H3;1H4. The van der Waals surface area contributed by atoms with Crippen molar-refractivity contribution in [2.75, 3.05) is 0 Å². The second-order valence-electron chi connectivity index (χ2n) is 8.90. The van der Waals surface area contributed by atoms with E-state index in [1.165, 1.54) is 0 Å². The van der Waals surface area contributed by atoms with Crippen molar-refractivity contribution in [2.45, 2.75) is 86.4 Å². The van der Waals surface area contributed by atoms with Crippen LogP contribution in [0.1, 0.15) is 74.7 Å². The van der Waals surface area contributed by atoms with E-state index in [0.717, 1.165) is 6.42 Å². The number of hydrogen-bond donors (Lipinski definition) is 0. The second kappa shape index (κ2) is 6.97. The molecule has 142 valence electrons. The largest absolute Gasteiger partial charge is 0.462 e. The molecular weight excluding hydrogens is 318 g/mol. The van der Waals surface area contributed by atoms with Gasteiger partial charge in [0.25, 0.3) is 0 Å². The van der Waals surface area contributed by atoms with Gasteiger partial charge in [-0.2, -0.15) is 5.26 Å². The van der Waals surface area contributed by atoms with Crippen molar-refractivity contribution in [3.8, 4) is 6.07 Å². The molecule has 2 rings (SSSR count). The molecule has 0 aromatic rings. The molecule has 4 atom stereocenters. The highest BCUT2D eigenvalue weighted by Crippen LogP contribution is 2.57. The first-order valence-electron chi connectivity index (χ1n) is 8.81. The maximum absolute atomic E-state index is 12.6. The Hall–Kier alpha value is -1.57. The third-order valence-electron chi connectivity index (χ3n) is 5.57. The monoisotopic (exact) mass is 351 g/mol. The first-order chi connectivity index (χ1) is 10.9. The Labute approximate surface area is 152 Å². The van der Waals surface area contributed by atoms with Gasteiger partial charge in [0.1, 0.15) is 11.7 Å². The van der Waals surface area contributed by atoms with Gasteiger partial charge < -0.3 is 9.47 Å². The maximum Gasteiger partial charge on any atom is 0.327 e. The molecule has 25 heavy (non-hydrogen) atoms. The average molecular weight is 351 g/mol. The van der Waals surface area contributed by atoms with Crippen LogP contribution in [0.4, 0.5) is 0 Å². The molecule has 0 heterocycles. The molecule has 0 radical (unpaired) electrons. The minimum absolute atomic E-state index is 0. The molecule has 4 unspecified atom stereocenters. The van der Waals surface area contributed by atoms with Gasteiger partial charge in [-0.15, -0.1) is 0 Å².